The summed E-state index contributed by atoms with van der Waals surface area (Å²) in [6, 6.07) is 8.84. The topological polar surface area (TPSA) is 3.24 Å². The molecule has 140 valence electrons. The Labute approximate surface area is 153 Å². The van der Waals surface area contributed by atoms with Crippen molar-refractivity contribution in [3.8, 4) is 0 Å². The Hall–Kier alpha value is -2.89. The predicted octanol–water partition coefficient (Wildman–Crippen LogP) is 6.78. The molecular weight excluding hydrogens is 361 g/mol. The lowest BCUT2D eigenvalue weighted by Crippen LogP contribution is -2.17. The number of hydrogen-bond donors (Lipinski definition) is 0. The van der Waals surface area contributed by atoms with Crippen LogP contribution in [0.4, 0.5) is 39.0 Å². The van der Waals surface area contributed by atoms with Crippen LogP contribution in [0.5, 0.6) is 0 Å². The van der Waals surface area contributed by atoms with Gasteiger partial charge >= 0.3 is 0 Å². The highest BCUT2D eigenvalue weighted by Crippen LogP contribution is 2.41. The second-order valence-corrected chi connectivity index (χ2v) is 6.38. The summed E-state index contributed by atoms with van der Waals surface area (Å²) in [6.07, 6.45) is 0. The summed E-state index contributed by atoms with van der Waals surface area (Å²) in [4.78, 5) is 0.838. The Morgan fingerprint density at radius 3 is 1.85 bits per heavy atom. The molecule has 3 rings (SSSR count). The van der Waals surface area contributed by atoms with Gasteiger partial charge in [-0.15, -0.1) is 0 Å². The van der Waals surface area contributed by atoms with E-state index in [0.29, 0.717) is 0 Å². The number of aryl methyl sites for hydroxylation is 3. The van der Waals surface area contributed by atoms with Crippen molar-refractivity contribution in [2.45, 2.75) is 20.8 Å². The van der Waals surface area contributed by atoms with E-state index in [9.17, 15) is 22.0 Å². The van der Waals surface area contributed by atoms with Crippen LogP contribution >= 0.6 is 0 Å². The fourth-order valence-electron chi connectivity index (χ4n) is 2.80. The van der Waals surface area contributed by atoms with Gasteiger partial charge in [-0.2, -0.15) is 0 Å². The van der Waals surface area contributed by atoms with Gasteiger partial charge in [0.1, 0.15) is 17.3 Å². The van der Waals surface area contributed by atoms with Crippen molar-refractivity contribution in [1.29, 1.82) is 0 Å². The molecule has 0 fully saturated rings. The molecule has 0 unspecified atom stereocenters. The Morgan fingerprint density at radius 1 is 0.630 bits per heavy atom. The molecule has 0 aliphatic carbocycles. The zero-order chi connectivity index (χ0) is 19.9. The Kier molecular flexibility index (Phi) is 4.91. The average Bonchev–Trinajstić information content (AvgIpc) is 2.61. The van der Waals surface area contributed by atoms with E-state index >= 15 is 0 Å². The van der Waals surface area contributed by atoms with E-state index in [1.807, 2.05) is 0 Å². The minimum atomic E-state index is -1.48. The molecule has 0 aromatic heterocycles. The third-order valence-corrected chi connectivity index (χ3v) is 4.30. The van der Waals surface area contributed by atoms with Gasteiger partial charge in [-0.1, -0.05) is 17.7 Å². The molecule has 0 bridgehead atoms. The average molecular weight is 377 g/mol. The number of anilines is 3. The first-order chi connectivity index (χ1) is 12.7. The van der Waals surface area contributed by atoms with Gasteiger partial charge in [0, 0.05) is 11.8 Å². The predicted molar refractivity (Wildman–Crippen MR) is 95.1 cm³/mol. The minimum absolute atomic E-state index is 0.0381. The minimum Gasteiger partial charge on any atom is -0.302 e. The lowest BCUT2D eigenvalue weighted by atomic mass is 10.1. The van der Waals surface area contributed by atoms with E-state index in [-0.39, 0.29) is 16.8 Å². The highest BCUT2D eigenvalue weighted by atomic mass is 19.2. The van der Waals surface area contributed by atoms with E-state index in [1.165, 1.54) is 26.0 Å². The first kappa shape index (κ1) is 18.9. The quantitative estimate of drug-likeness (QED) is 0.359. The molecule has 0 amide bonds. The maximum atomic E-state index is 14.7. The monoisotopic (exact) mass is 377 g/mol. The number of nitrogens with zero attached hydrogens (tertiary/aromatic N) is 1. The smallest absolute Gasteiger partial charge is 0.186 e. The van der Waals surface area contributed by atoms with Crippen molar-refractivity contribution >= 4 is 17.1 Å². The second kappa shape index (κ2) is 7.02. The summed E-state index contributed by atoms with van der Waals surface area (Å²) in [5, 5.41) is 0. The maximum absolute atomic E-state index is 14.7. The van der Waals surface area contributed by atoms with Crippen molar-refractivity contribution < 1.29 is 22.0 Å². The Balaban J connectivity index is 2.36. The van der Waals surface area contributed by atoms with Crippen LogP contribution in [0, 0.1) is 49.9 Å². The maximum Gasteiger partial charge on any atom is 0.186 e. The molecule has 6 heteroatoms. The van der Waals surface area contributed by atoms with E-state index < -0.39 is 40.5 Å². The van der Waals surface area contributed by atoms with E-state index in [1.54, 1.807) is 19.1 Å². The number of benzene rings is 3. The van der Waals surface area contributed by atoms with Crippen LogP contribution in [-0.2, 0) is 0 Å². The molecule has 1 nitrogen and oxygen atoms in total. The standard InChI is InChI=1S/C21H16F5N/c1-11-4-6-14(7-5-11)27(18-10-15(22)12(2)8-16(18)23)21-17(24)9-13(3)19(25)20(21)26/h4-10H,1-3H3. The van der Waals surface area contributed by atoms with Crippen molar-refractivity contribution in [2.24, 2.45) is 0 Å². The van der Waals surface area contributed by atoms with Crippen molar-refractivity contribution in [3.63, 3.8) is 0 Å². The molecule has 0 heterocycles. The molecule has 0 spiro atoms. The zero-order valence-electron chi connectivity index (χ0n) is 14.9. The summed E-state index contributed by atoms with van der Waals surface area (Å²) < 4.78 is 72.2. The highest BCUT2D eigenvalue weighted by Gasteiger charge is 2.27. The van der Waals surface area contributed by atoms with Crippen LogP contribution in [0.15, 0.2) is 42.5 Å². The molecule has 0 atom stereocenters. The van der Waals surface area contributed by atoms with E-state index in [0.717, 1.165) is 28.7 Å². The number of hydrogen-bond acceptors (Lipinski definition) is 1. The lowest BCUT2D eigenvalue weighted by molar-refractivity contribution is 0.491. The van der Waals surface area contributed by atoms with Crippen LogP contribution in [0.1, 0.15) is 16.7 Å². The first-order valence-corrected chi connectivity index (χ1v) is 8.17. The van der Waals surface area contributed by atoms with Crippen LogP contribution in [-0.4, -0.2) is 0 Å². The summed E-state index contributed by atoms with van der Waals surface area (Å²) >= 11 is 0. The molecule has 0 saturated heterocycles. The molecule has 0 radical (unpaired) electrons. The fraction of sp³-hybridized carbons (Fsp3) is 0.143. The van der Waals surface area contributed by atoms with Gasteiger partial charge in [0.2, 0.25) is 0 Å². The molecule has 0 N–H and O–H groups in total. The third kappa shape index (κ3) is 3.39. The Morgan fingerprint density at radius 2 is 1.22 bits per heavy atom. The second-order valence-electron chi connectivity index (χ2n) is 6.38. The van der Waals surface area contributed by atoms with Crippen LogP contribution < -0.4 is 4.90 Å². The molecule has 0 aliphatic heterocycles. The van der Waals surface area contributed by atoms with Gasteiger partial charge < -0.3 is 4.90 Å². The van der Waals surface area contributed by atoms with Crippen LogP contribution in [0.2, 0.25) is 0 Å². The van der Waals surface area contributed by atoms with Crippen molar-refractivity contribution in [3.05, 3.63) is 88.2 Å². The van der Waals surface area contributed by atoms with E-state index in [4.69, 9.17) is 0 Å². The molecule has 3 aromatic rings. The fourth-order valence-corrected chi connectivity index (χ4v) is 2.80. The molecule has 27 heavy (non-hydrogen) atoms. The summed E-state index contributed by atoms with van der Waals surface area (Å²) in [6.45, 7) is 4.38. The van der Waals surface area contributed by atoms with Gasteiger partial charge in [0.15, 0.2) is 17.5 Å². The molecule has 3 aromatic carbocycles. The lowest BCUT2D eigenvalue weighted by Gasteiger charge is -2.27. The summed E-state index contributed by atoms with van der Waals surface area (Å²) in [5.41, 5.74) is -0.425. The molecule has 0 saturated carbocycles. The van der Waals surface area contributed by atoms with Gasteiger partial charge in [0.25, 0.3) is 0 Å². The van der Waals surface area contributed by atoms with Crippen LogP contribution in [0.25, 0.3) is 0 Å². The van der Waals surface area contributed by atoms with Gasteiger partial charge in [0.05, 0.1) is 5.69 Å². The summed E-state index contributed by atoms with van der Waals surface area (Å²) in [5.74, 6) is -5.47. The number of halogens is 5. The Bertz CT molecular complexity index is 1010. The largest absolute Gasteiger partial charge is 0.302 e. The zero-order valence-corrected chi connectivity index (χ0v) is 14.9. The highest BCUT2D eigenvalue weighted by molar-refractivity contribution is 5.78. The SMILES string of the molecule is Cc1ccc(N(c2cc(F)c(C)cc2F)c2c(F)cc(C)c(F)c2F)cc1. The number of rotatable bonds is 3. The third-order valence-electron chi connectivity index (χ3n) is 4.30. The van der Waals surface area contributed by atoms with Gasteiger partial charge in [-0.05, 0) is 56.2 Å². The van der Waals surface area contributed by atoms with Crippen LogP contribution in [0.3, 0.4) is 0 Å². The van der Waals surface area contributed by atoms with Crippen molar-refractivity contribution in [2.75, 3.05) is 4.90 Å². The first-order valence-electron chi connectivity index (χ1n) is 8.17. The van der Waals surface area contributed by atoms with Gasteiger partial charge in [-0.3, -0.25) is 0 Å². The summed E-state index contributed by atoms with van der Waals surface area (Å²) in [7, 11) is 0. The molecular formula is C21H16F5N. The molecule has 0 aliphatic rings. The normalized spacial score (nSPS) is 11.0. The van der Waals surface area contributed by atoms with Crippen molar-refractivity contribution in [1.82, 2.24) is 0 Å². The van der Waals surface area contributed by atoms with E-state index in [2.05, 4.69) is 0 Å². The van der Waals surface area contributed by atoms with Gasteiger partial charge in [-0.25, -0.2) is 22.0 Å².